The number of alkyl carbamates (subject to hydrolysis) is 1. The Morgan fingerprint density at radius 3 is 1.60 bits per heavy atom. The minimum absolute atomic E-state index is 0.0144. The summed E-state index contributed by atoms with van der Waals surface area (Å²) in [5.74, 6) is -0.175. The van der Waals surface area contributed by atoms with Crippen LogP contribution in [0.5, 0.6) is 0 Å². The molecule has 2 saturated carbocycles. The number of ether oxygens (including phenoxy) is 1. The summed E-state index contributed by atoms with van der Waals surface area (Å²) in [6.07, 6.45) is 0.802. The van der Waals surface area contributed by atoms with E-state index in [2.05, 4.69) is 16.0 Å². The van der Waals surface area contributed by atoms with Gasteiger partial charge in [0.15, 0.2) is 0 Å². The molecule has 5 rings (SSSR count). The van der Waals surface area contributed by atoms with Crippen LogP contribution in [0.3, 0.4) is 0 Å². The van der Waals surface area contributed by atoms with Gasteiger partial charge in [0, 0.05) is 6.04 Å². The van der Waals surface area contributed by atoms with Gasteiger partial charge in [0.1, 0.15) is 6.61 Å². The number of hydrogen-bond acceptors (Lipinski definition) is 4. The molecule has 7 nitrogen and oxygen atoms in total. The summed E-state index contributed by atoms with van der Waals surface area (Å²) >= 11 is 0. The lowest BCUT2D eigenvalue weighted by Crippen LogP contribution is -2.41. The van der Waals surface area contributed by atoms with E-state index >= 15 is 0 Å². The summed E-state index contributed by atoms with van der Waals surface area (Å²) in [5.41, 5.74) is 1.58. The molecule has 3 N–H and O–H groups in total. The molecule has 3 amide bonds. The predicted octanol–water partition coefficient (Wildman–Crippen LogP) is 6.09. The Hall–Kier alpha value is -4.13. The standard InChI is InChI=1S/C35H41N3O4/c1-23(2)36-31(39)34(3)20-27(34)29(25-16-10-6-11-17-25)37-32(40)35(4)21-28(35)30(26-18-12-7-13-19-26)38-33(41)42-22-24-14-8-5-9-15-24/h5-19,23,27-30H,20-22H2,1-4H3,(H,36,39)(H,37,40)(H,38,41)/t27-,28-,29-,30-,34-,35-/m1/s1. The van der Waals surface area contributed by atoms with Crippen molar-refractivity contribution in [2.75, 3.05) is 0 Å². The second-order valence-electron chi connectivity index (χ2n) is 12.5. The zero-order valence-electron chi connectivity index (χ0n) is 24.8. The van der Waals surface area contributed by atoms with E-state index in [1.54, 1.807) is 0 Å². The van der Waals surface area contributed by atoms with Gasteiger partial charge in [-0.05, 0) is 55.2 Å². The second kappa shape index (κ2) is 12.0. The molecule has 0 bridgehead atoms. The molecule has 0 radical (unpaired) electrons. The fourth-order valence-electron chi connectivity index (χ4n) is 6.07. The van der Waals surface area contributed by atoms with Crippen molar-refractivity contribution in [2.24, 2.45) is 22.7 Å². The Balaban J connectivity index is 1.31. The van der Waals surface area contributed by atoms with E-state index in [0.29, 0.717) is 12.8 Å². The van der Waals surface area contributed by atoms with Crippen LogP contribution in [0.25, 0.3) is 0 Å². The highest BCUT2D eigenvalue weighted by Crippen LogP contribution is 2.61. The number of nitrogens with one attached hydrogen (secondary N) is 3. The van der Waals surface area contributed by atoms with Gasteiger partial charge in [0.05, 0.1) is 22.9 Å². The van der Waals surface area contributed by atoms with E-state index in [9.17, 15) is 14.4 Å². The molecular formula is C35H41N3O4. The molecule has 7 heteroatoms. The highest BCUT2D eigenvalue weighted by atomic mass is 16.5. The van der Waals surface area contributed by atoms with E-state index in [-0.39, 0.29) is 48.4 Å². The SMILES string of the molecule is CC(C)NC(=O)[C@]1(C)C[C@@H]1[C@H](NC(=O)[C@]1(C)C[C@@H]1[C@H](NC(=O)OCc1ccccc1)c1ccccc1)c1ccccc1. The molecule has 0 heterocycles. The lowest BCUT2D eigenvalue weighted by molar-refractivity contribution is -0.129. The summed E-state index contributed by atoms with van der Waals surface area (Å²) in [6, 6.07) is 28.5. The van der Waals surface area contributed by atoms with E-state index in [4.69, 9.17) is 4.74 Å². The van der Waals surface area contributed by atoms with Gasteiger partial charge in [-0.2, -0.15) is 0 Å². The van der Waals surface area contributed by atoms with Crippen LogP contribution in [0, 0.1) is 22.7 Å². The topological polar surface area (TPSA) is 96.5 Å². The third-order valence-electron chi connectivity index (χ3n) is 8.96. The first-order valence-electron chi connectivity index (χ1n) is 14.8. The van der Waals surface area contributed by atoms with Gasteiger partial charge < -0.3 is 20.7 Å². The summed E-state index contributed by atoms with van der Waals surface area (Å²) < 4.78 is 5.53. The van der Waals surface area contributed by atoms with Crippen molar-refractivity contribution in [3.63, 3.8) is 0 Å². The molecule has 220 valence electrons. The average Bonchev–Trinajstić information content (AvgIpc) is 3.89. The molecule has 3 aromatic carbocycles. The molecule has 0 unspecified atom stereocenters. The smallest absolute Gasteiger partial charge is 0.407 e. The van der Waals surface area contributed by atoms with Crippen LogP contribution in [0.2, 0.25) is 0 Å². The first kappa shape index (κ1) is 29.4. The summed E-state index contributed by atoms with van der Waals surface area (Å²) in [6.45, 7) is 8.02. The van der Waals surface area contributed by atoms with Gasteiger partial charge in [-0.3, -0.25) is 9.59 Å². The molecule has 0 spiro atoms. The largest absolute Gasteiger partial charge is 0.445 e. The number of carbonyl (C=O) groups is 3. The van der Waals surface area contributed by atoms with Crippen molar-refractivity contribution in [2.45, 2.75) is 65.3 Å². The lowest BCUT2D eigenvalue weighted by Gasteiger charge is -2.26. The van der Waals surface area contributed by atoms with Crippen LogP contribution in [-0.4, -0.2) is 23.9 Å². The third kappa shape index (κ3) is 6.35. The molecule has 2 aliphatic rings. The summed E-state index contributed by atoms with van der Waals surface area (Å²) in [4.78, 5) is 39.9. The maximum absolute atomic E-state index is 14.0. The second-order valence-corrected chi connectivity index (χ2v) is 12.5. The summed E-state index contributed by atoms with van der Waals surface area (Å²) in [7, 11) is 0. The molecule has 0 saturated heterocycles. The first-order chi connectivity index (χ1) is 20.1. The van der Waals surface area contributed by atoms with E-state index in [0.717, 1.165) is 16.7 Å². The van der Waals surface area contributed by atoms with Crippen molar-refractivity contribution in [3.8, 4) is 0 Å². The van der Waals surface area contributed by atoms with Crippen LogP contribution in [0.15, 0.2) is 91.0 Å². The fourth-order valence-corrected chi connectivity index (χ4v) is 6.07. The third-order valence-corrected chi connectivity index (χ3v) is 8.96. The van der Waals surface area contributed by atoms with Crippen LogP contribution >= 0.6 is 0 Å². The molecule has 0 aliphatic heterocycles. The van der Waals surface area contributed by atoms with Gasteiger partial charge in [0.2, 0.25) is 11.8 Å². The minimum Gasteiger partial charge on any atom is -0.445 e. The molecular weight excluding hydrogens is 526 g/mol. The maximum atomic E-state index is 14.0. The zero-order valence-corrected chi connectivity index (χ0v) is 24.8. The lowest BCUT2D eigenvalue weighted by atomic mass is 9.92. The van der Waals surface area contributed by atoms with Crippen molar-refractivity contribution in [1.29, 1.82) is 0 Å². The van der Waals surface area contributed by atoms with Gasteiger partial charge >= 0.3 is 6.09 Å². The van der Waals surface area contributed by atoms with Gasteiger partial charge in [-0.1, -0.05) is 105 Å². The van der Waals surface area contributed by atoms with E-state index < -0.39 is 16.9 Å². The van der Waals surface area contributed by atoms with Gasteiger partial charge in [-0.15, -0.1) is 0 Å². The van der Waals surface area contributed by atoms with Crippen LogP contribution in [-0.2, 0) is 20.9 Å². The number of carbonyl (C=O) groups excluding carboxylic acids is 3. The first-order valence-corrected chi connectivity index (χ1v) is 14.8. The molecule has 42 heavy (non-hydrogen) atoms. The van der Waals surface area contributed by atoms with Crippen LogP contribution < -0.4 is 16.0 Å². The Bertz CT molecular complexity index is 1400. The van der Waals surface area contributed by atoms with Crippen molar-refractivity contribution >= 4 is 17.9 Å². The van der Waals surface area contributed by atoms with Crippen molar-refractivity contribution in [1.82, 2.24) is 16.0 Å². The maximum Gasteiger partial charge on any atom is 0.407 e. The number of benzene rings is 3. The average molecular weight is 568 g/mol. The van der Waals surface area contributed by atoms with Gasteiger partial charge in [-0.25, -0.2) is 4.79 Å². The normalized spacial score (nSPS) is 25.5. The van der Waals surface area contributed by atoms with Crippen LogP contribution in [0.1, 0.15) is 69.3 Å². The predicted molar refractivity (Wildman–Crippen MR) is 162 cm³/mol. The van der Waals surface area contributed by atoms with E-state index in [1.165, 1.54) is 0 Å². The number of hydrogen-bond donors (Lipinski definition) is 3. The monoisotopic (exact) mass is 567 g/mol. The fraction of sp³-hybridized carbons (Fsp3) is 0.400. The van der Waals surface area contributed by atoms with Gasteiger partial charge in [0.25, 0.3) is 0 Å². The van der Waals surface area contributed by atoms with Crippen molar-refractivity contribution < 1.29 is 19.1 Å². The Labute approximate surface area is 248 Å². The Morgan fingerprint density at radius 1 is 0.690 bits per heavy atom. The minimum atomic E-state index is -0.689. The molecule has 0 aromatic heterocycles. The summed E-state index contributed by atoms with van der Waals surface area (Å²) in [5, 5.41) is 9.44. The van der Waals surface area contributed by atoms with Crippen LogP contribution in [0.4, 0.5) is 4.79 Å². The molecule has 2 aliphatic carbocycles. The Morgan fingerprint density at radius 2 is 1.12 bits per heavy atom. The molecule has 2 fully saturated rings. The van der Waals surface area contributed by atoms with E-state index in [1.807, 2.05) is 119 Å². The molecule has 3 aromatic rings. The number of rotatable bonds is 11. The number of amides is 3. The van der Waals surface area contributed by atoms with Crippen molar-refractivity contribution in [3.05, 3.63) is 108 Å². The highest BCUT2D eigenvalue weighted by molar-refractivity contribution is 5.88. The zero-order chi connectivity index (χ0) is 29.9. The highest BCUT2D eigenvalue weighted by Gasteiger charge is 2.63. The Kier molecular flexibility index (Phi) is 8.39. The quantitative estimate of drug-likeness (QED) is 0.261. The molecule has 6 atom stereocenters.